The van der Waals surface area contributed by atoms with Gasteiger partial charge in [-0.25, -0.2) is 12.7 Å². The Bertz CT molecular complexity index is 770. The maximum atomic E-state index is 12.6. The van der Waals surface area contributed by atoms with E-state index < -0.39 is 10.0 Å². The van der Waals surface area contributed by atoms with Gasteiger partial charge in [-0.2, -0.15) is 0 Å². The maximum absolute atomic E-state index is 12.6. The minimum Gasteiger partial charge on any atom is -0.493 e. The number of halogens is 1. The second kappa shape index (κ2) is 8.21. The number of nitrogens with zero attached hydrogens (tertiary/aromatic N) is 1. The highest BCUT2D eigenvalue weighted by atomic mass is 35.5. The average Bonchev–Trinajstić information content (AvgIpc) is 2.63. The van der Waals surface area contributed by atoms with Gasteiger partial charge in [0.05, 0.1) is 12.4 Å². The van der Waals surface area contributed by atoms with E-state index in [0.29, 0.717) is 30.6 Å². The monoisotopic (exact) mass is 379 g/mol. The highest BCUT2D eigenvalue weighted by Crippen LogP contribution is 2.23. The van der Waals surface area contributed by atoms with E-state index in [1.165, 1.54) is 0 Å². The third kappa shape index (κ3) is 5.21. The molecule has 0 spiro atoms. The van der Waals surface area contributed by atoms with Crippen LogP contribution in [0.15, 0.2) is 54.6 Å². The van der Waals surface area contributed by atoms with Crippen LogP contribution >= 0.6 is 11.6 Å². The first-order valence-electron chi connectivity index (χ1n) is 8.43. The van der Waals surface area contributed by atoms with Crippen LogP contribution in [0, 0.1) is 5.92 Å². The zero-order valence-electron chi connectivity index (χ0n) is 14.0. The molecular weight excluding hydrogens is 358 g/mol. The minimum atomic E-state index is -3.29. The number of hydrogen-bond donors (Lipinski definition) is 0. The van der Waals surface area contributed by atoms with Crippen molar-refractivity contribution >= 4 is 21.6 Å². The lowest BCUT2D eigenvalue weighted by Crippen LogP contribution is -2.40. The molecule has 1 saturated heterocycles. The molecule has 0 radical (unpaired) electrons. The second-order valence-corrected chi connectivity index (χ2v) is 8.75. The van der Waals surface area contributed by atoms with Gasteiger partial charge in [0.15, 0.2) is 0 Å². The normalized spacial score (nSPS) is 16.7. The lowest BCUT2D eigenvalue weighted by molar-refractivity contribution is 0.185. The van der Waals surface area contributed by atoms with Crippen molar-refractivity contribution < 1.29 is 13.2 Å². The predicted octanol–water partition coefficient (Wildman–Crippen LogP) is 3.96. The first kappa shape index (κ1) is 18.2. The fourth-order valence-corrected chi connectivity index (χ4v) is 4.66. The van der Waals surface area contributed by atoms with Crippen LogP contribution in [-0.2, 0) is 15.8 Å². The summed E-state index contributed by atoms with van der Waals surface area (Å²) in [6.07, 6.45) is 1.65. The number of ether oxygens (including phenoxy) is 1. The quantitative estimate of drug-likeness (QED) is 0.763. The summed E-state index contributed by atoms with van der Waals surface area (Å²) in [5.74, 6) is 1.28. The highest BCUT2D eigenvalue weighted by Gasteiger charge is 2.28. The van der Waals surface area contributed by atoms with Crippen LogP contribution in [0.2, 0.25) is 5.02 Å². The number of hydrogen-bond acceptors (Lipinski definition) is 3. The molecule has 134 valence electrons. The van der Waals surface area contributed by atoms with E-state index in [4.69, 9.17) is 16.3 Å². The lowest BCUT2D eigenvalue weighted by atomic mass is 9.99. The van der Waals surface area contributed by atoms with Gasteiger partial charge in [0.25, 0.3) is 0 Å². The Balaban J connectivity index is 1.50. The summed E-state index contributed by atoms with van der Waals surface area (Å²) in [4.78, 5) is 0. The van der Waals surface area contributed by atoms with Crippen molar-refractivity contribution in [1.82, 2.24) is 4.31 Å². The standard InChI is InChI=1S/C19H22ClNO3S/c20-18-8-6-17(7-9-18)15-25(22,23)21-12-10-16(11-13-21)14-24-19-4-2-1-3-5-19/h1-9,16H,10-15H2. The first-order valence-corrected chi connectivity index (χ1v) is 10.4. The molecule has 0 N–H and O–H groups in total. The van der Waals surface area contributed by atoms with Gasteiger partial charge >= 0.3 is 0 Å². The Morgan fingerprint density at radius 3 is 2.28 bits per heavy atom. The van der Waals surface area contributed by atoms with Crippen molar-refractivity contribution in [3.05, 3.63) is 65.2 Å². The molecule has 0 saturated carbocycles. The largest absolute Gasteiger partial charge is 0.493 e. The molecule has 2 aromatic rings. The summed E-state index contributed by atoms with van der Waals surface area (Å²) in [6, 6.07) is 16.7. The molecule has 1 heterocycles. The molecule has 1 fully saturated rings. The van der Waals surface area contributed by atoms with Gasteiger partial charge < -0.3 is 4.74 Å². The van der Waals surface area contributed by atoms with E-state index >= 15 is 0 Å². The summed E-state index contributed by atoms with van der Waals surface area (Å²) in [6.45, 7) is 1.74. The Morgan fingerprint density at radius 1 is 1.00 bits per heavy atom. The summed E-state index contributed by atoms with van der Waals surface area (Å²) < 4.78 is 32.6. The number of rotatable bonds is 6. The van der Waals surface area contributed by atoms with Crippen LogP contribution in [0.25, 0.3) is 0 Å². The van der Waals surface area contributed by atoms with Crippen LogP contribution in [0.4, 0.5) is 0 Å². The van der Waals surface area contributed by atoms with E-state index in [1.54, 1.807) is 28.6 Å². The second-order valence-electron chi connectivity index (χ2n) is 6.35. The van der Waals surface area contributed by atoms with Gasteiger partial charge in [0, 0.05) is 18.1 Å². The fourth-order valence-electron chi connectivity index (χ4n) is 2.97. The third-order valence-corrected chi connectivity index (χ3v) is 6.56. The van der Waals surface area contributed by atoms with E-state index in [2.05, 4.69) is 0 Å². The van der Waals surface area contributed by atoms with Crippen molar-refractivity contribution in [2.75, 3.05) is 19.7 Å². The van der Waals surface area contributed by atoms with Crippen molar-refractivity contribution in [1.29, 1.82) is 0 Å². The summed E-state index contributed by atoms with van der Waals surface area (Å²) >= 11 is 5.85. The van der Waals surface area contributed by atoms with E-state index in [1.807, 2.05) is 30.3 Å². The number of piperidine rings is 1. The first-order chi connectivity index (χ1) is 12.0. The molecule has 1 aliphatic heterocycles. The smallest absolute Gasteiger partial charge is 0.218 e. The van der Waals surface area contributed by atoms with Crippen LogP contribution in [-0.4, -0.2) is 32.4 Å². The molecule has 6 heteroatoms. The predicted molar refractivity (Wildman–Crippen MR) is 100 cm³/mol. The zero-order chi connectivity index (χ0) is 17.7. The minimum absolute atomic E-state index is 0.0232. The van der Waals surface area contributed by atoms with Crippen LogP contribution in [0.3, 0.4) is 0 Å². The Kier molecular flexibility index (Phi) is 5.99. The average molecular weight is 380 g/mol. The van der Waals surface area contributed by atoms with Gasteiger partial charge in [-0.15, -0.1) is 0 Å². The van der Waals surface area contributed by atoms with Gasteiger partial charge in [0.2, 0.25) is 10.0 Å². The van der Waals surface area contributed by atoms with Crippen LogP contribution < -0.4 is 4.74 Å². The number of sulfonamides is 1. The van der Waals surface area contributed by atoms with Crippen molar-refractivity contribution in [2.45, 2.75) is 18.6 Å². The molecular formula is C19H22ClNO3S. The van der Waals surface area contributed by atoms with Crippen LogP contribution in [0.1, 0.15) is 18.4 Å². The highest BCUT2D eigenvalue weighted by molar-refractivity contribution is 7.88. The van der Waals surface area contributed by atoms with Crippen molar-refractivity contribution in [2.24, 2.45) is 5.92 Å². The van der Waals surface area contributed by atoms with Crippen molar-refractivity contribution in [3.8, 4) is 5.75 Å². The molecule has 0 unspecified atom stereocenters. The number of benzene rings is 2. The third-order valence-electron chi connectivity index (χ3n) is 4.46. The number of para-hydroxylation sites is 1. The van der Waals surface area contributed by atoms with E-state index in [9.17, 15) is 8.42 Å². The molecule has 3 rings (SSSR count). The molecule has 0 bridgehead atoms. The molecule has 0 aliphatic carbocycles. The maximum Gasteiger partial charge on any atom is 0.218 e. The van der Waals surface area contributed by atoms with E-state index in [0.717, 1.165) is 24.2 Å². The Morgan fingerprint density at radius 2 is 1.64 bits per heavy atom. The summed E-state index contributed by atoms with van der Waals surface area (Å²) in [7, 11) is -3.29. The van der Waals surface area contributed by atoms with Gasteiger partial charge in [-0.05, 0) is 48.6 Å². The molecule has 25 heavy (non-hydrogen) atoms. The van der Waals surface area contributed by atoms with Crippen LogP contribution in [0.5, 0.6) is 5.75 Å². The molecule has 0 amide bonds. The molecule has 0 atom stereocenters. The topological polar surface area (TPSA) is 46.6 Å². The summed E-state index contributed by atoms with van der Waals surface area (Å²) in [5.41, 5.74) is 0.763. The fraction of sp³-hybridized carbons (Fsp3) is 0.368. The van der Waals surface area contributed by atoms with Crippen molar-refractivity contribution in [3.63, 3.8) is 0 Å². The van der Waals surface area contributed by atoms with Gasteiger partial charge in [0.1, 0.15) is 5.75 Å². The summed E-state index contributed by atoms with van der Waals surface area (Å²) in [5, 5.41) is 0.611. The van der Waals surface area contributed by atoms with E-state index in [-0.39, 0.29) is 5.75 Å². The molecule has 1 aliphatic rings. The Labute approximate surface area is 154 Å². The Hall–Kier alpha value is -1.56. The van der Waals surface area contributed by atoms with Gasteiger partial charge in [-0.3, -0.25) is 0 Å². The molecule has 2 aromatic carbocycles. The van der Waals surface area contributed by atoms with Gasteiger partial charge in [-0.1, -0.05) is 41.9 Å². The SMILES string of the molecule is O=S(=O)(Cc1ccc(Cl)cc1)N1CCC(COc2ccccc2)CC1. The lowest BCUT2D eigenvalue weighted by Gasteiger charge is -2.31. The zero-order valence-corrected chi connectivity index (χ0v) is 15.5. The molecule has 0 aromatic heterocycles. The molecule has 4 nitrogen and oxygen atoms in total.